The van der Waals surface area contributed by atoms with E-state index in [2.05, 4.69) is 13.0 Å². The van der Waals surface area contributed by atoms with Crippen molar-refractivity contribution in [1.29, 1.82) is 0 Å². The number of aryl methyl sites for hydroxylation is 1. The molecule has 0 saturated carbocycles. The molecule has 0 bridgehead atoms. The van der Waals surface area contributed by atoms with Crippen molar-refractivity contribution in [3.8, 4) is 5.75 Å². The lowest BCUT2D eigenvalue weighted by Crippen LogP contribution is -2.05. The molecule has 1 aliphatic carbocycles. The van der Waals surface area contributed by atoms with Crippen LogP contribution >= 0.6 is 0 Å². The standard InChI is InChI=1S/C11H15NO/c1-2-7-3-4-8-9(11(7)13)5-6-10(8)12/h3-4,10,13H,2,5-6,12H2,1H3. The van der Waals surface area contributed by atoms with Crippen molar-refractivity contribution in [1.82, 2.24) is 0 Å². The third-order valence-corrected chi connectivity index (χ3v) is 2.89. The van der Waals surface area contributed by atoms with Crippen LogP contribution in [0.1, 0.15) is 36.1 Å². The fraction of sp³-hybridized carbons (Fsp3) is 0.455. The second-order valence-corrected chi connectivity index (χ2v) is 3.64. The Kier molecular flexibility index (Phi) is 2.00. The fourth-order valence-electron chi connectivity index (χ4n) is 2.05. The van der Waals surface area contributed by atoms with Gasteiger partial charge in [0.05, 0.1) is 0 Å². The molecule has 1 unspecified atom stereocenters. The number of fused-ring (bicyclic) bond motifs is 1. The summed E-state index contributed by atoms with van der Waals surface area (Å²) in [6.07, 6.45) is 2.78. The monoisotopic (exact) mass is 177 g/mol. The van der Waals surface area contributed by atoms with E-state index in [1.165, 1.54) is 0 Å². The smallest absolute Gasteiger partial charge is 0.122 e. The number of phenols is 1. The zero-order valence-corrected chi connectivity index (χ0v) is 7.88. The van der Waals surface area contributed by atoms with Crippen molar-refractivity contribution in [2.24, 2.45) is 5.73 Å². The van der Waals surface area contributed by atoms with E-state index >= 15 is 0 Å². The summed E-state index contributed by atoms with van der Waals surface area (Å²) in [6, 6.07) is 4.18. The summed E-state index contributed by atoms with van der Waals surface area (Å²) in [5, 5.41) is 9.87. The SMILES string of the molecule is CCc1ccc2c(c1O)CCC2N. The lowest BCUT2D eigenvalue weighted by molar-refractivity contribution is 0.462. The van der Waals surface area contributed by atoms with Crippen molar-refractivity contribution in [3.05, 3.63) is 28.8 Å². The molecule has 1 aromatic rings. The van der Waals surface area contributed by atoms with Gasteiger partial charge in [-0.1, -0.05) is 19.1 Å². The maximum Gasteiger partial charge on any atom is 0.122 e. The summed E-state index contributed by atoms with van der Waals surface area (Å²) < 4.78 is 0. The van der Waals surface area contributed by atoms with Gasteiger partial charge in [-0.2, -0.15) is 0 Å². The van der Waals surface area contributed by atoms with Gasteiger partial charge in [0, 0.05) is 6.04 Å². The number of phenolic OH excluding ortho intramolecular Hbond substituents is 1. The van der Waals surface area contributed by atoms with E-state index < -0.39 is 0 Å². The van der Waals surface area contributed by atoms with Gasteiger partial charge in [-0.15, -0.1) is 0 Å². The van der Waals surface area contributed by atoms with Crippen LogP contribution in [-0.2, 0) is 12.8 Å². The lowest BCUT2D eigenvalue weighted by Gasteiger charge is -2.09. The molecular formula is C11H15NO. The van der Waals surface area contributed by atoms with Gasteiger partial charge >= 0.3 is 0 Å². The Morgan fingerprint density at radius 2 is 2.31 bits per heavy atom. The molecule has 2 heteroatoms. The Balaban J connectivity index is 2.54. The highest BCUT2D eigenvalue weighted by Gasteiger charge is 2.22. The Morgan fingerprint density at radius 3 is 3.00 bits per heavy atom. The number of hydrogen-bond donors (Lipinski definition) is 2. The molecule has 70 valence electrons. The minimum atomic E-state index is 0.131. The van der Waals surface area contributed by atoms with Crippen LogP contribution in [0.3, 0.4) is 0 Å². The van der Waals surface area contributed by atoms with Crippen LogP contribution in [0.5, 0.6) is 5.75 Å². The Bertz CT molecular complexity index is 333. The van der Waals surface area contributed by atoms with Gasteiger partial charge in [0.15, 0.2) is 0 Å². The summed E-state index contributed by atoms with van der Waals surface area (Å²) in [5.41, 5.74) is 9.14. The maximum absolute atomic E-state index is 9.87. The van der Waals surface area contributed by atoms with Gasteiger partial charge in [0.2, 0.25) is 0 Å². The summed E-state index contributed by atoms with van der Waals surface area (Å²) in [7, 11) is 0. The molecule has 0 aromatic heterocycles. The van der Waals surface area contributed by atoms with Crippen molar-refractivity contribution in [3.63, 3.8) is 0 Å². The summed E-state index contributed by atoms with van der Waals surface area (Å²) in [5.74, 6) is 0.480. The fourth-order valence-corrected chi connectivity index (χ4v) is 2.05. The second kappa shape index (κ2) is 3.04. The van der Waals surface area contributed by atoms with Gasteiger partial charge in [-0.05, 0) is 36.0 Å². The van der Waals surface area contributed by atoms with Crippen LogP contribution in [0, 0.1) is 0 Å². The number of aromatic hydroxyl groups is 1. The minimum Gasteiger partial charge on any atom is -0.507 e. The Morgan fingerprint density at radius 1 is 1.54 bits per heavy atom. The molecule has 0 saturated heterocycles. The molecule has 0 fully saturated rings. The Labute approximate surface area is 78.4 Å². The highest BCUT2D eigenvalue weighted by atomic mass is 16.3. The number of benzene rings is 1. The first kappa shape index (κ1) is 8.57. The molecule has 1 atom stereocenters. The number of nitrogens with two attached hydrogens (primary N) is 1. The largest absolute Gasteiger partial charge is 0.507 e. The van der Waals surface area contributed by atoms with E-state index in [1.54, 1.807) is 0 Å². The molecule has 0 spiro atoms. The summed E-state index contributed by atoms with van der Waals surface area (Å²) in [6.45, 7) is 2.05. The van der Waals surface area contributed by atoms with E-state index in [9.17, 15) is 5.11 Å². The zero-order chi connectivity index (χ0) is 9.42. The maximum atomic E-state index is 9.87. The average Bonchev–Trinajstić information content (AvgIpc) is 2.50. The van der Waals surface area contributed by atoms with Crippen molar-refractivity contribution < 1.29 is 5.11 Å². The van der Waals surface area contributed by atoms with Gasteiger partial charge in [-0.25, -0.2) is 0 Å². The zero-order valence-electron chi connectivity index (χ0n) is 7.88. The molecule has 1 aromatic carbocycles. The molecule has 2 nitrogen and oxygen atoms in total. The van der Waals surface area contributed by atoms with Crippen molar-refractivity contribution in [2.75, 3.05) is 0 Å². The van der Waals surface area contributed by atoms with Crippen LogP contribution < -0.4 is 5.73 Å². The lowest BCUT2D eigenvalue weighted by atomic mass is 10.0. The van der Waals surface area contributed by atoms with E-state index in [1.807, 2.05) is 6.07 Å². The average molecular weight is 177 g/mol. The molecule has 0 radical (unpaired) electrons. The minimum absolute atomic E-state index is 0.131. The first-order valence-electron chi connectivity index (χ1n) is 4.83. The van der Waals surface area contributed by atoms with E-state index in [0.29, 0.717) is 5.75 Å². The highest BCUT2D eigenvalue weighted by Crippen LogP contribution is 2.37. The highest BCUT2D eigenvalue weighted by molar-refractivity contribution is 5.49. The van der Waals surface area contributed by atoms with Crippen LogP contribution in [0.4, 0.5) is 0 Å². The normalized spacial score (nSPS) is 20.3. The first-order chi connectivity index (χ1) is 6.24. The topological polar surface area (TPSA) is 46.2 Å². The van der Waals surface area contributed by atoms with Gasteiger partial charge in [0.25, 0.3) is 0 Å². The quantitative estimate of drug-likeness (QED) is 0.688. The second-order valence-electron chi connectivity index (χ2n) is 3.64. The van der Waals surface area contributed by atoms with E-state index in [-0.39, 0.29) is 6.04 Å². The van der Waals surface area contributed by atoms with E-state index in [4.69, 9.17) is 5.73 Å². The third kappa shape index (κ3) is 1.22. The predicted octanol–water partition coefficient (Wildman–Crippen LogP) is 1.90. The molecule has 13 heavy (non-hydrogen) atoms. The van der Waals surface area contributed by atoms with Gasteiger partial charge in [-0.3, -0.25) is 0 Å². The number of rotatable bonds is 1. The third-order valence-electron chi connectivity index (χ3n) is 2.89. The van der Waals surface area contributed by atoms with Crippen molar-refractivity contribution >= 4 is 0 Å². The molecule has 1 aliphatic rings. The van der Waals surface area contributed by atoms with Crippen LogP contribution in [-0.4, -0.2) is 5.11 Å². The van der Waals surface area contributed by atoms with Crippen molar-refractivity contribution in [2.45, 2.75) is 32.2 Å². The number of hydrogen-bond acceptors (Lipinski definition) is 2. The molecule has 3 N–H and O–H groups in total. The van der Waals surface area contributed by atoms with Crippen LogP contribution in [0.15, 0.2) is 12.1 Å². The Hall–Kier alpha value is -1.02. The molecule has 0 heterocycles. The molecule has 0 amide bonds. The van der Waals surface area contributed by atoms with Gasteiger partial charge < -0.3 is 10.8 Å². The first-order valence-corrected chi connectivity index (χ1v) is 4.83. The summed E-state index contributed by atoms with van der Waals surface area (Å²) in [4.78, 5) is 0. The predicted molar refractivity (Wildman–Crippen MR) is 52.7 cm³/mol. The van der Waals surface area contributed by atoms with E-state index in [0.717, 1.165) is 36.0 Å². The van der Waals surface area contributed by atoms with Crippen LogP contribution in [0.25, 0.3) is 0 Å². The molecular weight excluding hydrogens is 162 g/mol. The summed E-state index contributed by atoms with van der Waals surface area (Å²) >= 11 is 0. The van der Waals surface area contributed by atoms with Crippen LogP contribution in [0.2, 0.25) is 0 Å². The molecule has 0 aliphatic heterocycles. The van der Waals surface area contributed by atoms with Gasteiger partial charge in [0.1, 0.15) is 5.75 Å². The molecule has 2 rings (SSSR count).